The van der Waals surface area contributed by atoms with Crippen LogP contribution in [0, 0.1) is 12.7 Å². The monoisotopic (exact) mass is 322 g/mol. The Morgan fingerprint density at radius 3 is 2.68 bits per heavy atom. The van der Waals surface area contributed by atoms with E-state index in [1.807, 2.05) is 0 Å². The van der Waals surface area contributed by atoms with Crippen LogP contribution in [-0.2, 0) is 0 Å². The molecule has 0 spiro atoms. The number of benzene rings is 1. The van der Waals surface area contributed by atoms with E-state index in [1.165, 1.54) is 11.0 Å². The molecule has 3 nitrogen and oxygen atoms in total. The van der Waals surface area contributed by atoms with Crippen molar-refractivity contribution in [3.8, 4) is 0 Å². The lowest BCUT2D eigenvalue weighted by Crippen LogP contribution is -2.27. The molecule has 0 fully saturated rings. The molecule has 98 valence electrons. The van der Waals surface area contributed by atoms with Gasteiger partial charge in [0.2, 0.25) is 0 Å². The molecule has 1 aromatic heterocycles. The molecule has 2 aromatic rings. The zero-order chi connectivity index (χ0) is 14.0. The number of pyridine rings is 1. The van der Waals surface area contributed by atoms with Crippen molar-refractivity contribution >= 4 is 27.5 Å². The molecule has 1 amide bonds. The maximum Gasteiger partial charge on any atom is 0.258 e. The Bertz CT molecular complexity index is 631. The van der Waals surface area contributed by atoms with E-state index in [0.29, 0.717) is 10.0 Å². The molecule has 5 heteroatoms. The van der Waals surface area contributed by atoms with Crippen LogP contribution < -0.4 is 4.90 Å². The fraction of sp³-hybridized carbons (Fsp3) is 0.143. The second-order valence-electron chi connectivity index (χ2n) is 4.15. The maximum absolute atomic E-state index is 13.8. The summed E-state index contributed by atoms with van der Waals surface area (Å²) in [7, 11) is 1.55. The van der Waals surface area contributed by atoms with Gasteiger partial charge in [0.25, 0.3) is 5.91 Å². The number of aryl methyl sites for hydroxylation is 1. The van der Waals surface area contributed by atoms with Gasteiger partial charge in [-0.25, -0.2) is 4.39 Å². The van der Waals surface area contributed by atoms with Crippen LogP contribution in [0.5, 0.6) is 0 Å². The van der Waals surface area contributed by atoms with Crippen molar-refractivity contribution in [3.05, 3.63) is 58.1 Å². The summed E-state index contributed by atoms with van der Waals surface area (Å²) < 4.78 is 14.5. The van der Waals surface area contributed by atoms with E-state index >= 15 is 0 Å². The van der Waals surface area contributed by atoms with E-state index in [2.05, 4.69) is 20.9 Å². The van der Waals surface area contributed by atoms with E-state index in [-0.39, 0.29) is 11.6 Å². The third-order valence-corrected chi connectivity index (χ3v) is 3.21. The Kier molecular flexibility index (Phi) is 3.95. The van der Waals surface area contributed by atoms with Gasteiger partial charge < -0.3 is 4.90 Å². The predicted octanol–water partition coefficient (Wildman–Crippen LogP) is 3.57. The summed E-state index contributed by atoms with van der Waals surface area (Å²) in [5.74, 6) is -0.720. The molecule has 0 saturated carbocycles. The smallest absolute Gasteiger partial charge is 0.258 e. The minimum absolute atomic E-state index is 0.239. The third kappa shape index (κ3) is 2.98. The average molecular weight is 323 g/mol. The van der Waals surface area contributed by atoms with Crippen LogP contribution in [0.1, 0.15) is 16.1 Å². The second-order valence-corrected chi connectivity index (χ2v) is 5.06. The number of carbonyl (C=O) groups excluding carboxylic acids is 1. The molecule has 0 saturated heterocycles. The first-order valence-corrected chi connectivity index (χ1v) is 6.44. The van der Waals surface area contributed by atoms with Gasteiger partial charge in [0.15, 0.2) is 0 Å². The predicted molar refractivity (Wildman–Crippen MR) is 75.8 cm³/mol. The van der Waals surface area contributed by atoms with Gasteiger partial charge in [-0.3, -0.25) is 9.78 Å². The van der Waals surface area contributed by atoms with Gasteiger partial charge in [-0.15, -0.1) is 0 Å². The van der Waals surface area contributed by atoms with Crippen molar-refractivity contribution in [1.82, 2.24) is 4.98 Å². The lowest BCUT2D eigenvalue weighted by Gasteiger charge is -2.18. The normalized spacial score (nSPS) is 10.3. The van der Waals surface area contributed by atoms with Crippen LogP contribution in [0.15, 0.2) is 41.0 Å². The minimum Gasteiger partial charge on any atom is -0.309 e. The second kappa shape index (κ2) is 5.48. The van der Waals surface area contributed by atoms with Gasteiger partial charge in [0, 0.05) is 29.0 Å². The van der Waals surface area contributed by atoms with Crippen molar-refractivity contribution in [2.45, 2.75) is 6.92 Å². The Labute approximate surface area is 119 Å². The number of amides is 1. The van der Waals surface area contributed by atoms with E-state index in [0.717, 1.165) is 5.69 Å². The van der Waals surface area contributed by atoms with Crippen molar-refractivity contribution in [1.29, 1.82) is 0 Å². The van der Waals surface area contributed by atoms with Gasteiger partial charge in [-0.2, -0.15) is 0 Å². The van der Waals surface area contributed by atoms with Gasteiger partial charge in [0.05, 0.1) is 5.69 Å². The molecule has 1 heterocycles. The van der Waals surface area contributed by atoms with E-state index < -0.39 is 5.82 Å². The van der Waals surface area contributed by atoms with Crippen molar-refractivity contribution in [2.75, 3.05) is 11.9 Å². The van der Waals surface area contributed by atoms with E-state index in [9.17, 15) is 9.18 Å². The fourth-order valence-electron chi connectivity index (χ4n) is 1.73. The van der Waals surface area contributed by atoms with Crippen molar-refractivity contribution < 1.29 is 9.18 Å². The average Bonchev–Trinajstić information content (AvgIpc) is 2.37. The summed E-state index contributed by atoms with van der Waals surface area (Å²) in [4.78, 5) is 17.6. The Balaban J connectivity index is 2.33. The van der Waals surface area contributed by atoms with Gasteiger partial charge in [-0.1, -0.05) is 15.9 Å². The molecule has 0 bridgehead atoms. The van der Waals surface area contributed by atoms with Crippen LogP contribution >= 0.6 is 15.9 Å². The minimum atomic E-state index is -0.448. The maximum atomic E-state index is 13.8. The lowest BCUT2D eigenvalue weighted by atomic mass is 10.2. The van der Waals surface area contributed by atoms with E-state index in [1.54, 1.807) is 44.4 Å². The quantitative estimate of drug-likeness (QED) is 0.846. The van der Waals surface area contributed by atoms with Crippen molar-refractivity contribution in [3.63, 3.8) is 0 Å². The van der Waals surface area contributed by atoms with Crippen molar-refractivity contribution in [2.24, 2.45) is 0 Å². The van der Waals surface area contributed by atoms with Gasteiger partial charge in [-0.05, 0) is 37.3 Å². The summed E-state index contributed by atoms with van der Waals surface area (Å²) in [5.41, 5.74) is 1.47. The number of hydrogen-bond donors (Lipinski definition) is 0. The summed E-state index contributed by atoms with van der Waals surface area (Å²) in [6, 6.07) is 7.88. The highest BCUT2D eigenvalue weighted by molar-refractivity contribution is 9.10. The van der Waals surface area contributed by atoms with E-state index in [4.69, 9.17) is 0 Å². The molecule has 2 rings (SSSR count). The number of halogens is 2. The number of carbonyl (C=O) groups is 1. The number of rotatable bonds is 2. The van der Waals surface area contributed by atoms with Gasteiger partial charge in [0.1, 0.15) is 5.82 Å². The molecule has 0 atom stereocenters. The fourth-order valence-corrected chi connectivity index (χ4v) is 2.07. The summed E-state index contributed by atoms with van der Waals surface area (Å²) in [6.45, 7) is 1.80. The first-order chi connectivity index (χ1) is 8.99. The molecule has 1 aromatic carbocycles. The van der Waals surface area contributed by atoms with Crippen LogP contribution in [0.2, 0.25) is 0 Å². The number of nitrogens with zero attached hydrogens (tertiary/aromatic N) is 2. The number of hydrogen-bond acceptors (Lipinski definition) is 2. The summed E-state index contributed by atoms with van der Waals surface area (Å²) >= 11 is 3.19. The molecule has 0 N–H and O–H groups in total. The Morgan fingerprint density at radius 1 is 1.32 bits per heavy atom. The Morgan fingerprint density at radius 2 is 2.05 bits per heavy atom. The molecule has 0 aliphatic carbocycles. The van der Waals surface area contributed by atoms with Crippen LogP contribution in [-0.4, -0.2) is 17.9 Å². The molecule has 0 aliphatic rings. The highest BCUT2D eigenvalue weighted by Crippen LogP contribution is 2.23. The highest BCUT2D eigenvalue weighted by Gasteiger charge is 2.17. The topological polar surface area (TPSA) is 33.2 Å². The molecule has 0 aliphatic heterocycles. The summed E-state index contributed by atoms with van der Waals surface area (Å²) in [6.07, 6.45) is 1.56. The molecular weight excluding hydrogens is 311 g/mol. The van der Waals surface area contributed by atoms with Gasteiger partial charge >= 0.3 is 0 Å². The first-order valence-electron chi connectivity index (χ1n) is 5.65. The van der Waals surface area contributed by atoms with Crippen LogP contribution in [0.25, 0.3) is 0 Å². The zero-order valence-electron chi connectivity index (χ0n) is 10.5. The largest absolute Gasteiger partial charge is 0.309 e. The third-order valence-electron chi connectivity index (χ3n) is 2.72. The van der Waals surface area contributed by atoms with Crippen LogP contribution in [0.4, 0.5) is 10.1 Å². The number of aromatic nitrogens is 1. The molecular formula is C14H12BrFN2O. The zero-order valence-corrected chi connectivity index (χ0v) is 12.1. The molecule has 19 heavy (non-hydrogen) atoms. The standard InChI is InChI=1S/C14H12BrFN2O/c1-9-7-10(5-6-17-9)14(19)18(2)13-4-3-11(15)8-12(13)16/h3-8H,1-2H3. The van der Waals surface area contributed by atoms with Crippen LogP contribution in [0.3, 0.4) is 0 Å². The first kappa shape index (κ1) is 13.7. The molecule has 0 radical (unpaired) electrons. The lowest BCUT2D eigenvalue weighted by molar-refractivity contribution is 0.0992. The SMILES string of the molecule is Cc1cc(C(=O)N(C)c2ccc(Br)cc2F)ccn1. The molecule has 0 unspecified atom stereocenters. The Hall–Kier alpha value is -1.75. The highest BCUT2D eigenvalue weighted by atomic mass is 79.9. The summed E-state index contributed by atoms with van der Waals surface area (Å²) in [5, 5.41) is 0. The number of anilines is 1.